The molecular weight excluding hydrogens is 156 g/mol. The van der Waals surface area contributed by atoms with Crippen molar-refractivity contribution in [1.82, 2.24) is 0 Å². The van der Waals surface area contributed by atoms with Crippen LogP contribution in [-0.4, -0.2) is 0 Å². The van der Waals surface area contributed by atoms with Crippen molar-refractivity contribution in [3.8, 4) is 0 Å². The Morgan fingerprint density at radius 2 is 2.23 bits per heavy atom. The second-order valence-electron chi connectivity index (χ2n) is 6.21. The largest absolute Gasteiger partial charge is 0.0651 e. The first-order valence-corrected chi connectivity index (χ1v) is 6.37. The summed E-state index contributed by atoms with van der Waals surface area (Å²) >= 11 is 0. The van der Waals surface area contributed by atoms with Crippen molar-refractivity contribution >= 4 is 0 Å². The van der Waals surface area contributed by atoms with Gasteiger partial charge in [-0.25, -0.2) is 0 Å². The lowest BCUT2D eigenvalue weighted by molar-refractivity contribution is -0.333. The van der Waals surface area contributed by atoms with Gasteiger partial charge in [0.25, 0.3) is 0 Å². The predicted molar refractivity (Wildman–Crippen MR) is 53.3 cm³/mol. The van der Waals surface area contributed by atoms with Gasteiger partial charge in [-0.1, -0.05) is 26.2 Å². The van der Waals surface area contributed by atoms with Gasteiger partial charge in [0, 0.05) is 0 Å². The molecule has 0 nitrogen and oxygen atoms in total. The van der Waals surface area contributed by atoms with Crippen molar-refractivity contribution in [3.63, 3.8) is 0 Å². The van der Waals surface area contributed by atoms with Crippen LogP contribution in [0, 0.1) is 35.0 Å². The second-order valence-corrected chi connectivity index (χ2v) is 6.21. The van der Waals surface area contributed by atoms with E-state index in [9.17, 15) is 0 Å². The molecule has 0 heterocycles. The lowest BCUT2D eigenvalue weighted by Crippen LogP contribution is -2.75. The van der Waals surface area contributed by atoms with Gasteiger partial charge in [-0.15, -0.1) is 0 Å². The fourth-order valence-corrected chi connectivity index (χ4v) is 5.97. The summed E-state index contributed by atoms with van der Waals surface area (Å²) in [4.78, 5) is 0. The van der Waals surface area contributed by atoms with Gasteiger partial charge < -0.3 is 0 Å². The molecule has 0 amide bonds. The molecule has 4 fully saturated rings. The van der Waals surface area contributed by atoms with Crippen molar-refractivity contribution in [3.05, 3.63) is 0 Å². The van der Waals surface area contributed by atoms with E-state index < -0.39 is 0 Å². The van der Waals surface area contributed by atoms with Gasteiger partial charge in [-0.05, 0) is 54.3 Å². The molecule has 2 bridgehead atoms. The molecule has 1 spiro atoms. The van der Waals surface area contributed by atoms with Gasteiger partial charge in [0.2, 0.25) is 0 Å². The summed E-state index contributed by atoms with van der Waals surface area (Å²) < 4.78 is 0. The summed E-state index contributed by atoms with van der Waals surface area (Å²) in [7, 11) is 0. The molecule has 0 radical (unpaired) electrons. The van der Waals surface area contributed by atoms with Crippen LogP contribution in [-0.2, 0) is 0 Å². The van der Waals surface area contributed by atoms with Gasteiger partial charge in [0.1, 0.15) is 0 Å². The number of hydrogen-bond donors (Lipinski definition) is 0. The molecule has 4 saturated carbocycles. The molecule has 72 valence electrons. The molecule has 0 aromatic heterocycles. The van der Waals surface area contributed by atoms with Crippen molar-refractivity contribution in [1.29, 1.82) is 0 Å². The normalized spacial score (nSPS) is 66.7. The molecule has 6 unspecified atom stereocenters. The minimum Gasteiger partial charge on any atom is -0.0651 e. The van der Waals surface area contributed by atoms with Crippen LogP contribution in [0.5, 0.6) is 0 Å². The Morgan fingerprint density at radius 3 is 3.00 bits per heavy atom. The molecule has 0 aromatic carbocycles. The van der Waals surface area contributed by atoms with E-state index >= 15 is 0 Å². The maximum Gasteiger partial charge on any atom is -0.0227 e. The zero-order chi connectivity index (χ0) is 8.63. The van der Waals surface area contributed by atoms with Crippen molar-refractivity contribution in [2.24, 2.45) is 35.0 Å². The highest BCUT2D eigenvalue weighted by Gasteiger charge is 2.76. The minimum absolute atomic E-state index is 0.951. The first kappa shape index (κ1) is 7.31. The summed E-state index contributed by atoms with van der Waals surface area (Å²) in [5.41, 5.74) is 0.951. The monoisotopic (exact) mass is 176 g/mol. The van der Waals surface area contributed by atoms with E-state index in [1.54, 1.807) is 32.1 Å². The molecule has 4 rings (SSSR count). The third-order valence-electron chi connectivity index (χ3n) is 6.22. The molecule has 0 aromatic rings. The summed E-state index contributed by atoms with van der Waals surface area (Å²) in [5, 5.41) is 0. The molecule has 0 aliphatic heterocycles. The van der Waals surface area contributed by atoms with Gasteiger partial charge >= 0.3 is 0 Å². The predicted octanol–water partition coefficient (Wildman–Crippen LogP) is 3.47. The van der Waals surface area contributed by atoms with E-state index in [0.717, 1.165) is 11.3 Å². The van der Waals surface area contributed by atoms with Crippen molar-refractivity contribution in [2.45, 2.75) is 45.4 Å². The molecule has 4 aliphatic carbocycles. The fourth-order valence-electron chi connectivity index (χ4n) is 5.97. The lowest BCUT2D eigenvalue weighted by atomic mass is 9.23. The van der Waals surface area contributed by atoms with Crippen LogP contribution in [0.2, 0.25) is 0 Å². The van der Waals surface area contributed by atoms with E-state index in [4.69, 9.17) is 0 Å². The van der Waals surface area contributed by atoms with Crippen LogP contribution < -0.4 is 0 Å². The Bertz CT molecular complexity index is 253. The van der Waals surface area contributed by atoms with Crippen LogP contribution in [0.15, 0.2) is 0 Å². The smallest absolute Gasteiger partial charge is 0.0227 e. The summed E-state index contributed by atoms with van der Waals surface area (Å²) in [5.74, 6) is 6.05. The van der Waals surface area contributed by atoms with E-state index in [1.807, 2.05) is 0 Å². The van der Waals surface area contributed by atoms with Crippen molar-refractivity contribution in [2.75, 3.05) is 0 Å². The quantitative estimate of drug-likeness (QED) is 0.574. The van der Waals surface area contributed by atoms with Crippen molar-refractivity contribution < 1.29 is 0 Å². The summed E-state index contributed by atoms with van der Waals surface area (Å²) in [6.45, 7) is 2.41. The molecule has 0 saturated heterocycles. The van der Waals surface area contributed by atoms with Gasteiger partial charge in [-0.3, -0.25) is 0 Å². The molecule has 4 aliphatic rings. The zero-order valence-corrected chi connectivity index (χ0v) is 8.63. The van der Waals surface area contributed by atoms with Crippen LogP contribution in [0.1, 0.15) is 45.4 Å². The van der Waals surface area contributed by atoms with E-state index in [1.165, 1.54) is 30.1 Å². The highest BCUT2D eigenvalue weighted by molar-refractivity contribution is 5.24. The van der Waals surface area contributed by atoms with E-state index in [-0.39, 0.29) is 0 Å². The Labute approximate surface area is 81.1 Å². The van der Waals surface area contributed by atoms with E-state index in [2.05, 4.69) is 6.92 Å². The average molecular weight is 176 g/mol. The number of fused-ring (bicyclic) bond motifs is 4. The average Bonchev–Trinajstić information content (AvgIpc) is 2.11. The fraction of sp³-hybridized carbons (Fsp3) is 1.00. The number of rotatable bonds is 1. The van der Waals surface area contributed by atoms with E-state index in [0.29, 0.717) is 0 Å². The third-order valence-corrected chi connectivity index (χ3v) is 6.22. The van der Waals surface area contributed by atoms with Crippen LogP contribution in [0.3, 0.4) is 0 Å². The van der Waals surface area contributed by atoms with Gasteiger partial charge in [0.15, 0.2) is 0 Å². The number of hydrogen-bond acceptors (Lipinski definition) is 0. The maximum absolute atomic E-state index is 2.41. The SMILES string of the molecule is CCC1CC2C1C13CCCC(C1)C23. The Kier molecular flexibility index (Phi) is 1.12. The topological polar surface area (TPSA) is 0 Å². The van der Waals surface area contributed by atoms with Crippen LogP contribution in [0.25, 0.3) is 0 Å². The lowest BCUT2D eigenvalue weighted by Gasteiger charge is -2.81. The standard InChI is InChI=1S/C13H20/c1-2-8-6-10-11(8)13-5-3-4-9(7-13)12(10)13/h8-12H,2-7H2,1H3. The first-order chi connectivity index (χ1) is 6.37. The highest BCUT2D eigenvalue weighted by atomic mass is 14.8. The van der Waals surface area contributed by atoms with Gasteiger partial charge in [-0.2, -0.15) is 0 Å². The molecule has 0 N–H and O–H groups in total. The van der Waals surface area contributed by atoms with Gasteiger partial charge in [0.05, 0.1) is 0 Å². The van der Waals surface area contributed by atoms with Crippen LogP contribution in [0.4, 0.5) is 0 Å². The minimum atomic E-state index is 0.951. The Balaban J connectivity index is 1.64. The molecule has 0 heteroatoms. The summed E-state index contributed by atoms with van der Waals surface area (Å²) in [6, 6.07) is 0. The second kappa shape index (κ2) is 1.99. The molecular formula is C13H20. The Morgan fingerprint density at radius 1 is 1.31 bits per heavy atom. The van der Waals surface area contributed by atoms with Crippen LogP contribution >= 0.6 is 0 Å². The zero-order valence-electron chi connectivity index (χ0n) is 8.63. The maximum atomic E-state index is 2.41. The highest BCUT2D eigenvalue weighted by Crippen LogP contribution is 2.82. The molecule has 13 heavy (non-hydrogen) atoms. The first-order valence-electron chi connectivity index (χ1n) is 6.37. The summed E-state index contributed by atoms with van der Waals surface area (Å²) in [6.07, 6.45) is 9.51. The Hall–Kier alpha value is 0. The third kappa shape index (κ3) is 0.567. The molecule has 6 atom stereocenters.